The molecule has 2 rings (SSSR count). The summed E-state index contributed by atoms with van der Waals surface area (Å²) in [6.45, 7) is 0. The van der Waals surface area contributed by atoms with Gasteiger partial charge in [0.25, 0.3) is 0 Å². The van der Waals surface area contributed by atoms with Crippen molar-refractivity contribution in [1.82, 2.24) is 15.5 Å². The number of thioether (sulfide) groups is 2. The van der Waals surface area contributed by atoms with Crippen LogP contribution in [0.5, 0.6) is 0 Å². The van der Waals surface area contributed by atoms with Gasteiger partial charge in [-0.25, -0.2) is 0 Å². The van der Waals surface area contributed by atoms with E-state index < -0.39 is 0 Å². The van der Waals surface area contributed by atoms with Crippen molar-refractivity contribution in [3.8, 4) is 0 Å². The Morgan fingerprint density at radius 1 is 1.11 bits per heavy atom. The molecule has 0 aliphatic carbocycles. The highest BCUT2D eigenvalue weighted by Crippen LogP contribution is 2.17. The van der Waals surface area contributed by atoms with Gasteiger partial charge in [-0.15, -0.1) is 0 Å². The average molecular weight is 419 g/mol. The number of carbonyl (C=O) groups is 1. The lowest BCUT2D eigenvalue weighted by atomic mass is 10.1. The van der Waals surface area contributed by atoms with Crippen LogP contribution in [0.4, 0.5) is 0 Å². The molecule has 1 aromatic heterocycles. The van der Waals surface area contributed by atoms with Gasteiger partial charge in [0.2, 0.25) is 5.91 Å². The highest BCUT2D eigenvalue weighted by atomic mass is 32.2. The molecule has 0 saturated carbocycles. The van der Waals surface area contributed by atoms with Crippen LogP contribution in [-0.2, 0) is 11.2 Å². The van der Waals surface area contributed by atoms with Crippen molar-refractivity contribution in [3.05, 3.63) is 30.0 Å². The molecule has 2 aromatic rings. The summed E-state index contributed by atoms with van der Waals surface area (Å²) in [5, 5.41) is 41.2. The molecule has 8 N–H and O–H groups in total. The first-order valence-corrected chi connectivity index (χ1v) is 10.1. The third kappa shape index (κ3) is 7.16. The maximum Gasteiger partial charge on any atom is 0.230 e. The third-order valence-electron chi connectivity index (χ3n) is 3.70. The standard InChI is InChI=1S/C17H22N8OS2/c18-13(27-16(20)21)6-1-2-7-14(19)28-17(22)24-15(26)8-10-4-3-5-12-11(10)9-23-25-12/h3-5,9,18-19H,1-2,6-8H2,(H3,20,21)(H,23,25)(H2,22,24,26). The van der Waals surface area contributed by atoms with E-state index in [4.69, 9.17) is 27.4 Å². The highest BCUT2D eigenvalue weighted by Gasteiger charge is 2.11. The summed E-state index contributed by atoms with van der Waals surface area (Å²) in [4.78, 5) is 12.2. The number of aromatic nitrogens is 2. The Hall–Kier alpha value is -2.66. The zero-order valence-electron chi connectivity index (χ0n) is 15.1. The fourth-order valence-corrected chi connectivity index (χ4v) is 3.65. The second-order valence-electron chi connectivity index (χ2n) is 5.92. The van der Waals surface area contributed by atoms with Gasteiger partial charge in [0.15, 0.2) is 10.3 Å². The van der Waals surface area contributed by atoms with Crippen LogP contribution in [0.1, 0.15) is 31.2 Å². The molecule has 0 fully saturated rings. The number of nitrogens with one attached hydrogen (secondary N) is 6. The minimum Gasteiger partial charge on any atom is -0.378 e. The minimum atomic E-state index is -0.311. The summed E-state index contributed by atoms with van der Waals surface area (Å²) >= 11 is 1.85. The van der Waals surface area contributed by atoms with E-state index in [1.165, 1.54) is 0 Å². The first kappa shape index (κ1) is 21.6. The number of rotatable bonds is 7. The number of fused-ring (bicyclic) bond motifs is 1. The first-order valence-electron chi connectivity index (χ1n) is 8.49. The molecule has 0 aliphatic heterocycles. The largest absolute Gasteiger partial charge is 0.378 e. The molecular formula is C17H22N8OS2. The van der Waals surface area contributed by atoms with Gasteiger partial charge in [-0.1, -0.05) is 12.1 Å². The van der Waals surface area contributed by atoms with Gasteiger partial charge in [-0.3, -0.25) is 31.5 Å². The van der Waals surface area contributed by atoms with Crippen molar-refractivity contribution in [2.45, 2.75) is 32.1 Å². The van der Waals surface area contributed by atoms with Crippen LogP contribution in [0.2, 0.25) is 0 Å². The highest BCUT2D eigenvalue weighted by molar-refractivity contribution is 8.26. The molecule has 0 saturated heterocycles. The molecule has 11 heteroatoms. The molecule has 1 heterocycles. The lowest BCUT2D eigenvalue weighted by Crippen LogP contribution is -2.29. The van der Waals surface area contributed by atoms with Crippen molar-refractivity contribution in [3.63, 3.8) is 0 Å². The van der Waals surface area contributed by atoms with Gasteiger partial charge in [0.05, 0.1) is 28.2 Å². The normalized spacial score (nSPS) is 10.6. The molecule has 0 unspecified atom stereocenters. The number of nitrogens with two attached hydrogens (primary N) is 1. The van der Waals surface area contributed by atoms with Gasteiger partial charge in [-0.05, 0) is 60.8 Å². The second-order valence-corrected chi connectivity index (χ2v) is 8.17. The number of benzene rings is 1. The minimum absolute atomic E-state index is 0.0748. The predicted molar refractivity (Wildman–Crippen MR) is 117 cm³/mol. The number of amidine groups is 2. The van der Waals surface area contributed by atoms with E-state index in [0.717, 1.165) is 40.0 Å². The fraction of sp³-hybridized carbons (Fsp3) is 0.294. The van der Waals surface area contributed by atoms with Crippen LogP contribution >= 0.6 is 23.5 Å². The fourth-order valence-electron chi connectivity index (χ4n) is 2.48. The monoisotopic (exact) mass is 418 g/mol. The molecule has 0 bridgehead atoms. The van der Waals surface area contributed by atoms with Crippen molar-refractivity contribution < 1.29 is 4.79 Å². The van der Waals surface area contributed by atoms with Crippen LogP contribution in [-0.4, -0.2) is 36.5 Å². The van der Waals surface area contributed by atoms with Crippen LogP contribution < -0.4 is 11.1 Å². The number of H-pyrrole nitrogens is 1. The Morgan fingerprint density at radius 3 is 2.46 bits per heavy atom. The summed E-state index contributed by atoms with van der Waals surface area (Å²) in [5.41, 5.74) is 6.89. The Balaban J connectivity index is 1.69. The van der Waals surface area contributed by atoms with E-state index in [-0.39, 0.29) is 27.7 Å². The molecule has 0 radical (unpaired) electrons. The number of hydrogen-bond donors (Lipinski definition) is 7. The molecule has 9 nitrogen and oxygen atoms in total. The summed E-state index contributed by atoms with van der Waals surface area (Å²) < 4.78 is 0. The lowest BCUT2D eigenvalue weighted by Gasteiger charge is -2.08. The maximum absolute atomic E-state index is 12.2. The zero-order valence-corrected chi connectivity index (χ0v) is 16.7. The van der Waals surface area contributed by atoms with Crippen molar-refractivity contribution in [2.24, 2.45) is 5.73 Å². The Labute approximate surface area is 170 Å². The Kier molecular flexibility index (Phi) is 8.20. The molecule has 1 amide bonds. The third-order valence-corrected chi connectivity index (χ3v) is 5.12. The smallest absolute Gasteiger partial charge is 0.230 e. The molecule has 148 valence electrons. The number of unbranched alkanes of at least 4 members (excludes halogenated alkanes) is 1. The van der Waals surface area contributed by atoms with E-state index in [2.05, 4.69) is 15.5 Å². The lowest BCUT2D eigenvalue weighted by molar-refractivity contribution is -0.118. The molecule has 0 aliphatic rings. The van der Waals surface area contributed by atoms with Gasteiger partial charge < -0.3 is 11.1 Å². The van der Waals surface area contributed by atoms with Crippen LogP contribution in [0, 0.1) is 21.6 Å². The van der Waals surface area contributed by atoms with E-state index in [1.54, 1.807) is 6.20 Å². The predicted octanol–water partition coefficient (Wildman–Crippen LogP) is 3.03. The molecule has 1 aromatic carbocycles. The van der Waals surface area contributed by atoms with E-state index in [9.17, 15) is 4.79 Å². The van der Waals surface area contributed by atoms with Crippen molar-refractivity contribution in [1.29, 1.82) is 21.6 Å². The molecule has 28 heavy (non-hydrogen) atoms. The Bertz CT molecular complexity index is 907. The van der Waals surface area contributed by atoms with Crippen LogP contribution in [0.3, 0.4) is 0 Å². The number of amides is 1. The summed E-state index contributed by atoms with van der Waals surface area (Å²) in [6, 6.07) is 5.56. The molecule has 0 spiro atoms. The number of hydrogen-bond acceptors (Lipinski definition) is 8. The topological polar surface area (TPSA) is 179 Å². The first-order chi connectivity index (χ1) is 13.3. The average Bonchev–Trinajstić information content (AvgIpc) is 3.07. The second kappa shape index (κ2) is 10.6. The number of carbonyl (C=O) groups excluding carboxylic acids is 1. The summed E-state index contributed by atoms with van der Waals surface area (Å²) in [6.07, 6.45) is 4.17. The quantitative estimate of drug-likeness (QED) is 0.207. The van der Waals surface area contributed by atoms with Crippen LogP contribution in [0.15, 0.2) is 24.4 Å². The summed E-state index contributed by atoms with van der Waals surface area (Å²) in [5.74, 6) is -0.311. The van der Waals surface area contributed by atoms with E-state index in [1.807, 2.05) is 18.2 Å². The van der Waals surface area contributed by atoms with Crippen molar-refractivity contribution in [2.75, 3.05) is 0 Å². The van der Waals surface area contributed by atoms with E-state index >= 15 is 0 Å². The SMILES string of the molecule is N=C(N)SC(=N)CCCCC(=N)SC(=N)NC(=O)Cc1cccc2[nH]ncc12. The van der Waals surface area contributed by atoms with E-state index in [0.29, 0.717) is 30.7 Å². The van der Waals surface area contributed by atoms with Gasteiger partial charge >= 0.3 is 0 Å². The van der Waals surface area contributed by atoms with Gasteiger partial charge in [0, 0.05) is 5.39 Å². The van der Waals surface area contributed by atoms with Crippen LogP contribution in [0.25, 0.3) is 10.9 Å². The van der Waals surface area contributed by atoms with Crippen molar-refractivity contribution >= 4 is 60.8 Å². The summed E-state index contributed by atoms with van der Waals surface area (Å²) in [7, 11) is 0. The Morgan fingerprint density at radius 2 is 1.79 bits per heavy atom. The zero-order chi connectivity index (χ0) is 20.5. The number of nitrogens with zero attached hydrogens (tertiary/aromatic N) is 1. The number of aromatic amines is 1. The van der Waals surface area contributed by atoms with Gasteiger partial charge in [0.1, 0.15) is 0 Å². The van der Waals surface area contributed by atoms with Gasteiger partial charge in [-0.2, -0.15) is 5.10 Å². The molecular weight excluding hydrogens is 396 g/mol. The maximum atomic E-state index is 12.2. The molecule has 0 atom stereocenters.